The van der Waals surface area contributed by atoms with E-state index in [1.54, 1.807) is 4.72 Å². The molecule has 0 unspecified atom stereocenters. The molecule has 4 N–H and O–H groups in total. The van der Waals surface area contributed by atoms with Gasteiger partial charge in [0.15, 0.2) is 0 Å². The van der Waals surface area contributed by atoms with Gasteiger partial charge >= 0.3 is 12.1 Å². The summed E-state index contributed by atoms with van der Waals surface area (Å²) in [6, 6.07) is 2.13. The molecule has 11 nitrogen and oxygen atoms in total. The van der Waals surface area contributed by atoms with Crippen LogP contribution in [0.4, 0.5) is 19.0 Å². The van der Waals surface area contributed by atoms with Crippen LogP contribution in [0.5, 0.6) is 0 Å². The summed E-state index contributed by atoms with van der Waals surface area (Å²) in [5, 5.41) is 18.8. The van der Waals surface area contributed by atoms with Gasteiger partial charge in [0.05, 0.1) is 23.9 Å². The van der Waals surface area contributed by atoms with Crippen molar-refractivity contribution < 1.29 is 36.3 Å². The minimum atomic E-state index is -4.71. The summed E-state index contributed by atoms with van der Waals surface area (Å²) in [6.45, 7) is 0.630. The summed E-state index contributed by atoms with van der Waals surface area (Å²) in [5.41, 5.74) is 2.12. The minimum absolute atomic E-state index is 0.106. The molecule has 2 aromatic heterocycles. The molecule has 0 radical (unpaired) electrons. The topological polar surface area (TPSA) is 155 Å². The van der Waals surface area contributed by atoms with E-state index in [9.17, 15) is 36.3 Å². The van der Waals surface area contributed by atoms with Gasteiger partial charge in [-0.3, -0.25) is 14.3 Å². The largest absolute Gasteiger partial charge is 0.480 e. The molecule has 35 heavy (non-hydrogen) atoms. The lowest BCUT2D eigenvalue weighted by Gasteiger charge is -2.17. The molecular formula is C20H25F3N6O5S. The molecule has 2 aromatic rings. The molecule has 0 fully saturated rings. The lowest BCUT2D eigenvalue weighted by Crippen LogP contribution is -2.49. The van der Waals surface area contributed by atoms with Crippen LogP contribution in [0.1, 0.15) is 34.5 Å². The molecule has 1 atom stereocenters. The Morgan fingerprint density at radius 1 is 1.29 bits per heavy atom. The Balaban J connectivity index is 1.51. The average Bonchev–Trinajstić information content (AvgIpc) is 3.27. The number of hydrogen-bond acceptors (Lipinski definition) is 7. The number of aryl methyl sites for hydroxylation is 3. The number of carbonyl (C=O) groups is 2. The second-order valence-corrected chi connectivity index (χ2v) is 9.86. The Morgan fingerprint density at radius 3 is 2.77 bits per heavy atom. The number of amides is 1. The lowest BCUT2D eigenvalue weighted by molar-refractivity contribution is -0.138. The number of pyridine rings is 1. The van der Waals surface area contributed by atoms with Gasteiger partial charge < -0.3 is 15.7 Å². The number of carboxylic acids is 1. The van der Waals surface area contributed by atoms with E-state index in [4.69, 9.17) is 0 Å². The quantitative estimate of drug-likeness (QED) is 0.343. The van der Waals surface area contributed by atoms with Gasteiger partial charge in [0, 0.05) is 37.9 Å². The summed E-state index contributed by atoms with van der Waals surface area (Å²) in [7, 11) is -4.54. The van der Waals surface area contributed by atoms with Crippen molar-refractivity contribution in [3.63, 3.8) is 0 Å². The Kier molecular flexibility index (Phi) is 8.32. The molecule has 1 aliphatic rings. The molecule has 0 bridgehead atoms. The second-order valence-electron chi connectivity index (χ2n) is 7.99. The lowest BCUT2D eigenvalue weighted by atomic mass is 10.1. The van der Waals surface area contributed by atoms with Crippen LogP contribution in [0, 0.1) is 0 Å². The van der Waals surface area contributed by atoms with Crippen LogP contribution in [0.25, 0.3) is 0 Å². The van der Waals surface area contributed by atoms with Crippen LogP contribution < -0.4 is 15.4 Å². The molecule has 1 aliphatic heterocycles. The van der Waals surface area contributed by atoms with Crippen LogP contribution in [0.2, 0.25) is 0 Å². The van der Waals surface area contributed by atoms with Crippen LogP contribution >= 0.6 is 0 Å². The highest BCUT2D eigenvalue weighted by Crippen LogP contribution is 2.20. The van der Waals surface area contributed by atoms with Gasteiger partial charge in [-0.2, -0.15) is 23.0 Å². The molecule has 0 saturated heterocycles. The number of fused-ring (bicyclic) bond motifs is 1. The van der Waals surface area contributed by atoms with Gasteiger partial charge in [0.25, 0.3) is 5.91 Å². The SMILES string of the molecule is O=C(NC[C@H](NS(=O)(=O)CCC(F)(F)F)C(=O)O)c1cnn(CCc2ccc3c(n2)NCCC3)c1. The van der Waals surface area contributed by atoms with Crippen molar-refractivity contribution in [1.82, 2.24) is 24.8 Å². The summed E-state index contributed by atoms with van der Waals surface area (Å²) in [4.78, 5) is 28.2. The number of carboxylic acid groups (broad SMARTS) is 1. The number of anilines is 1. The first-order valence-electron chi connectivity index (χ1n) is 10.7. The molecule has 192 valence electrons. The van der Waals surface area contributed by atoms with Crippen LogP contribution in [0.3, 0.4) is 0 Å². The Bertz CT molecular complexity index is 1170. The molecule has 0 saturated carbocycles. The van der Waals surface area contributed by atoms with E-state index in [0.29, 0.717) is 13.0 Å². The number of nitrogens with one attached hydrogen (secondary N) is 3. The van der Waals surface area contributed by atoms with Crippen LogP contribution in [-0.4, -0.2) is 71.2 Å². The number of nitrogens with zero attached hydrogens (tertiary/aromatic N) is 3. The van der Waals surface area contributed by atoms with Crippen molar-refractivity contribution in [2.24, 2.45) is 0 Å². The van der Waals surface area contributed by atoms with Crippen LogP contribution in [-0.2, 0) is 34.2 Å². The monoisotopic (exact) mass is 518 g/mol. The van der Waals surface area contributed by atoms with Gasteiger partial charge in [-0.05, 0) is 24.5 Å². The highest BCUT2D eigenvalue weighted by Gasteiger charge is 2.32. The van der Waals surface area contributed by atoms with Crippen molar-refractivity contribution in [2.45, 2.75) is 44.4 Å². The van der Waals surface area contributed by atoms with Crippen LogP contribution in [0.15, 0.2) is 24.5 Å². The van der Waals surface area contributed by atoms with Gasteiger partial charge in [-0.15, -0.1) is 0 Å². The fourth-order valence-corrected chi connectivity index (χ4v) is 4.58. The van der Waals surface area contributed by atoms with Gasteiger partial charge in [0.1, 0.15) is 11.9 Å². The van der Waals surface area contributed by atoms with Gasteiger partial charge in [0.2, 0.25) is 10.0 Å². The van der Waals surface area contributed by atoms with E-state index in [-0.39, 0.29) is 5.56 Å². The third-order valence-electron chi connectivity index (χ3n) is 5.19. The fraction of sp³-hybridized carbons (Fsp3) is 0.500. The number of aliphatic carboxylic acids is 1. The number of halogens is 3. The zero-order valence-corrected chi connectivity index (χ0v) is 19.3. The number of rotatable bonds is 11. The van der Waals surface area contributed by atoms with Gasteiger partial charge in [-0.1, -0.05) is 6.07 Å². The number of sulfonamides is 1. The van der Waals surface area contributed by atoms with E-state index in [2.05, 4.69) is 20.7 Å². The standard InChI is InChI=1S/C20H25F3N6O5S/c21-20(22,23)6-9-35(33,34)28-16(19(31)32)11-25-18(30)14-10-26-29(12-14)8-5-15-4-3-13-2-1-7-24-17(13)27-15/h3-4,10,12,16,28H,1-2,5-9,11H2,(H,24,27)(H,25,30)(H,31,32)/t16-/m0/s1. The third kappa shape index (κ3) is 8.20. The molecule has 0 aliphatic carbocycles. The molecular weight excluding hydrogens is 493 g/mol. The summed E-state index contributed by atoms with van der Waals surface area (Å²) in [6.07, 6.45) is -1.05. The molecule has 3 rings (SSSR count). The smallest absolute Gasteiger partial charge is 0.390 e. The average molecular weight is 519 g/mol. The maximum absolute atomic E-state index is 12.3. The first-order chi connectivity index (χ1) is 16.4. The predicted molar refractivity (Wildman–Crippen MR) is 118 cm³/mol. The molecule has 3 heterocycles. The van der Waals surface area contributed by atoms with Crippen molar-refractivity contribution in [1.29, 1.82) is 0 Å². The Labute approximate surface area is 199 Å². The highest BCUT2D eigenvalue weighted by molar-refractivity contribution is 7.89. The first-order valence-corrected chi connectivity index (χ1v) is 12.4. The number of carbonyl (C=O) groups excluding carboxylic acids is 1. The van der Waals surface area contributed by atoms with E-state index in [1.807, 2.05) is 12.1 Å². The van der Waals surface area contributed by atoms with E-state index in [0.717, 1.165) is 30.9 Å². The molecule has 15 heteroatoms. The van der Waals surface area contributed by atoms with Crippen molar-refractivity contribution in [2.75, 3.05) is 24.2 Å². The number of alkyl halides is 3. The highest BCUT2D eigenvalue weighted by atomic mass is 32.2. The zero-order chi connectivity index (χ0) is 25.6. The predicted octanol–water partition coefficient (Wildman–Crippen LogP) is 0.934. The third-order valence-corrected chi connectivity index (χ3v) is 6.57. The molecule has 0 spiro atoms. The zero-order valence-electron chi connectivity index (χ0n) is 18.5. The van der Waals surface area contributed by atoms with Crippen molar-refractivity contribution >= 4 is 27.7 Å². The summed E-state index contributed by atoms with van der Waals surface area (Å²) in [5.74, 6) is -2.82. The molecule has 0 aromatic carbocycles. The molecule has 1 amide bonds. The number of aromatic nitrogens is 3. The second kappa shape index (κ2) is 11.0. The van der Waals surface area contributed by atoms with E-state index in [1.165, 1.54) is 22.6 Å². The first kappa shape index (κ1) is 26.4. The summed E-state index contributed by atoms with van der Waals surface area (Å²) < 4.78 is 63.5. The fourth-order valence-electron chi connectivity index (χ4n) is 3.34. The maximum atomic E-state index is 12.3. The Hall–Kier alpha value is -3.20. The maximum Gasteiger partial charge on any atom is 0.390 e. The Morgan fingerprint density at radius 2 is 2.06 bits per heavy atom. The van der Waals surface area contributed by atoms with Crippen molar-refractivity contribution in [3.8, 4) is 0 Å². The van der Waals surface area contributed by atoms with E-state index >= 15 is 0 Å². The summed E-state index contributed by atoms with van der Waals surface area (Å²) >= 11 is 0. The number of hydrogen-bond donors (Lipinski definition) is 4. The van der Waals surface area contributed by atoms with Gasteiger partial charge in [-0.25, -0.2) is 13.4 Å². The minimum Gasteiger partial charge on any atom is -0.480 e. The van der Waals surface area contributed by atoms with E-state index < -0.39 is 52.8 Å². The van der Waals surface area contributed by atoms with Crippen molar-refractivity contribution in [3.05, 3.63) is 41.3 Å². The normalized spacial score (nSPS) is 14.6.